The molecule has 3 N–H and O–H groups in total. The van der Waals surface area contributed by atoms with Gasteiger partial charge in [-0.25, -0.2) is 15.8 Å². The van der Waals surface area contributed by atoms with Gasteiger partial charge in [0.15, 0.2) is 5.82 Å². The number of aromatic nitrogens is 2. The molecule has 0 spiro atoms. The lowest BCUT2D eigenvalue weighted by Gasteiger charge is -2.13. The van der Waals surface area contributed by atoms with Crippen molar-refractivity contribution in [1.82, 2.24) is 9.97 Å². The molecule has 0 radical (unpaired) electrons. The summed E-state index contributed by atoms with van der Waals surface area (Å²) in [4.78, 5) is 9.17. The summed E-state index contributed by atoms with van der Waals surface area (Å²) < 4.78 is 0. The van der Waals surface area contributed by atoms with Crippen molar-refractivity contribution in [3.05, 3.63) is 40.6 Å². The Bertz CT molecular complexity index is 605. The summed E-state index contributed by atoms with van der Waals surface area (Å²) in [7, 11) is 0. The van der Waals surface area contributed by atoms with Crippen molar-refractivity contribution in [1.29, 1.82) is 0 Å². The van der Waals surface area contributed by atoms with Crippen LogP contribution in [0.1, 0.15) is 29.3 Å². The van der Waals surface area contributed by atoms with Gasteiger partial charge in [0.2, 0.25) is 0 Å². The Balaban J connectivity index is 2.63. The molecule has 0 aliphatic heterocycles. The highest BCUT2D eigenvalue weighted by molar-refractivity contribution is 5.64. The first-order valence-electron chi connectivity index (χ1n) is 6.49. The summed E-state index contributed by atoms with van der Waals surface area (Å²) in [6, 6.07) is 6.16. The quantitative estimate of drug-likeness (QED) is 0.654. The lowest BCUT2D eigenvalue weighted by atomic mass is 10.0. The molecule has 0 fully saturated rings. The standard InChI is InChI=1S/C15H20N4/c1-5-12-11(4)17-14(18-15(12)19-16)13-8-6-7-9(2)10(13)3/h6-8H,5,16H2,1-4H3,(H,17,18,19). The topological polar surface area (TPSA) is 63.8 Å². The summed E-state index contributed by atoms with van der Waals surface area (Å²) in [5.41, 5.74) is 8.22. The second kappa shape index (κ2) is 5.36. The molecule has 2 aromatic rings. The van der Waals surface area contributed by atoms with Crippen LogP contribution in [0.2, 0.25) is 0 Å². The van der Waals surface area contributed by atoms with Gasteiger partial charge in [-0.2, -0.15) is 0 Å². The van der Waals surface area contributed by atoms with Crippen molar-refractivity contribution >= 4 is 5.82 Å². The number of hydrazine groups is 1. The molecule has 1 aromatic heterocycles. The minimum atomic E-state index is 0.714. The number of nitrogen functional groups attached to an aromatic ring is 1. The highest BCUT2D eigenvalue weighted by atomic mass is 15.3. The largest absolute Gasteiger partial charge is 0.308 e. The van der Waals surface area contributed by atoms with Crippen molar-refractivity contribution in [2.45, 2.75) is 34.1 Å². The number of hydrogen-bond donors (Lipinski definition) is 2. The summed E-state index contributed by atoms with van der Waals surface area (Å²) in [5, 5.41) is 0. The lowest BCUT2D eigenvalue weighted by molar-refractivity contribution is 0.993. The van der Waals surface area contributed by atoms with Crippen LogP contribution in [0.25, 0.3) is 11.4 Å². The van der Waals surface area contributed by atoms with E-state index in [2.05, 4.69) is 42.2 Å². The molecule has 0 bridgehead atoms. The predicted octanol–water partition coefficient (Wildman–Crippen LogP) is 2.92. The molecule has 1 heterocycles. The SMILES string of the molecule is CCc1c(C)nc(-c2cccc(C)c2C)nc1NN. The van der Waals surface area contributed by atoms with Gasteiger partial charge in [-0.15, -0.1) is 0 Å². The number of hydrogen-bond acceptors (Lipinski definition) is 4. The van der Waals surface area contributed by atoms with E-state index in [4.69, 9.17) is 5.84 Å². The van der Waals surface area contributed by atoms with Crippen LogP contribution in [0.5, 0.6) is 0 Å². The van der Waals surface area contributed by atoms with E-state index in [9.17, 15) is 0 Å². The average molecular weight is 256 g/mol. The zero-order valence-electron chi connectivity index (χ0n) is 11.9. The zero-order valence-corrected chi connectivity index (χ0v) is 11.9. The fraction of sp³-hybridized carbons (Fsp3) is 0.333. The van der Waals surface area contributed by atoms with E-state index < -0.39 is 0 Å². The molecular formula is C15H20N4. The molecule has 19 heavy (non-hydrogen) atoms. The van der Waals surface area contributed by atoms with E-state index in [0.717, 1.165) is 29.1 Å². The highest BCUT2D eigenvalue weighted by Gasteiger charge is 2.12. The third-order valence-corrected chi connectivity index (χ3v) is 3.55. The smallest absolute Gasteiger partial charge is 0.162 e. The summed E-state index contributed by atoms with van der Waals surface area (Å²) in [6.45, 7) is 8.25. The third-order valence-electron chi connectivity index (χ3n) is 3.55. The fourth-order valence-electron chi connectivity index (χ4n) is 2.25. The molecule has 0 aliphatic carbocycles. The van der Waals surface area contributed by atoms with Crippen LogP contribution < -0.4 is 11.3 Å². The van der Waals surface area contributed by atoms with Crippen LogP contribution in [-0.4, -0.2) is 9.97 Å². The van der Waals surface area contributed by atoms with E-state index in [-0.39, 0.29) is 0 Å². The molecule has 4 nitrogen and oxygen atoms in total. The van der Waals surface area contributed by atoms with Crippen molar-refractivity contribution in [2.75, 3.05) is 5.43 Å². The van der Waals surface area contributed by atoms with Crippen LogP contribution in [0.3, 0.4) is 0 Å². The Morgan fingerprint density at radius 3 is 2.53 bits per heavy atom. The Hall–Kier alpha value is -1.94. The number of nitrogens with zero attached hydrogens (tertiary/aromatic N) is 2. The van der Waals surface area contributed by atoms with Crippen molar-refractivity contribution in [3.63, 3.8) is 0 Å². The van der Waals surface area contributed by atoms with E-state index >= 15 is 0 Å². The number of anilines is 1. The minimum absolute atomic E-state index is 0.714. The summed E-state index contributed by atoms with van der Waals surface area (Å²) in [5.74, 6) is 7.01. The Morgan fingerprint density at radius 2 is 1.89 bits per heavy atom. The first-order chi connectivity index (χ1) is 9.08. The van der Waals surface area contributed by atoms with E-state index in [1.165, 1.54) is 11.1 Å². The van der Waals surface area contributed by atoms with Crippen LogP contribution in [0, 0.1) is 20.8 Å². The maximum atomic E-state index is 5.57. The van der Waals surface area contributed by atoms with Crippen LogP contribution in [0.15, 0.2) is 18.2 Å². The second-order valence-corrected chi connectivity index (χ2v) is 4.71. The van der Waals surface area contributed by atoms with Gasteiger partial charge in [0.05, 0.1) is 0 Å². The molecule has 1 aromatic carbocycles. The molecule has 0 atom stereocenters. The van der Waals surface area contributed by atoms with Crippen molar-refractivity contribution < 1.29 is 0 Å². The molecular weight excluding hydrogens is 236 g/mol. The van der Waals surface area contributed by atoms with Gasteiger partial charge < -0.3 is 5.43 Å². The molecule has 0 aliphatic rings. The molecule has 0 amide bonds. The molecule has 0 saturated heterocycles. The van der Waals surface area contributed by atoms with Gasteiger partial charge in [-0.3, -0.25) is 0 Å². The van der Waals surface area contributed by atoms with E-state index in [1.54, 1.807) is 0 Å². The molecule has 2 rings (SSSR count). The first-order valence-corrected chi connectivity index (χ1v) is 6.49. The summed E-state index contributed by atoms with van der Waals surface area (Å²) in [6.07, 6.45) is 0.860. The lowest BCUT2D eigenvalue weighted by Crippen LogP contribution is -2.13. The average Bonchev–Trinajstić information content (AvgIpc) is 2.40. The fourth-order valence-corrected chi connectivity index (χ4v) is 2.25. The van der Waals surface area contributed by atoms with E-state index in [0.29, 0.717) is 5.82 Å². The van der Waals surface area contributed by atoms with Crippen molar-refractivity contribution in [3.8, 4) is 11.4 Å². The molecule has 100 valence electrons. The predicted molar refractivity (Wildman–Crippen MR) is 78.9 cm³/mol. The molecule has 0 saturated carbocycles. The zero-order chi connectivity index (χ0) is 14.0. The molecule has 4 heteroatoms. The van der Waals surface area contributed by atoms with Gasteiger partial charge in [0, 0.05) is 16.8 Å². The Kier molecular flexibility index (Phi) is 3.81. The van der Waals surface area contributed by atoms with Gasteiger partial charge in [-0.05, 0) is 38.3 Å². The van der Waals surface area contributed by atoms with Crippen molar-refractivity contribution in [2.24, 2.45) is 5.84 Å². The normalized spacial score (nSPS) is 10.6. The van der Waals surface area contributed by atoms with Gasteiger partial charge >= 0.3 is 0 Å². The molecule has 0 unspecified atom stereocenters. The first kappa shape index (κ1) is 13.5. The summed E-state index contributed by atoms with van der Waals surface area (Å²) >= 11 is 0. The number of rotatable bonds is 3. The Morgan fingerprint density at radius 1 is 1.16 bits per heavy atom. The van der Waals surface area contributed by atoms with Gasteiger partial charge in [-0.1, -0.05) is 25.1 Å². The maximum Gasteiger partial charge on any atom is 0.162 e. The minimum Gasteiger partial charge on any atom is -0.308 e. The third kappa shape index (κ3) is 2.44. The number of benzene rings is 1. The highest BCUT2D eigenvalue weighted by Crippen LogP contribution is 2.26. The second-order valence-electron chi connectivity index (χ2n) is 4.71. The van der Waals surface area contributed by atoms with Crippen LogP contribution in [0.4, 0.5) is 5.82 Å². The maximum absolute atomic E-state index is 5.57. The monoisotopic (exact) mass is 256 g/mol. The van der Waals surface area contributed by atoms with E-state index in [1.807, 2.05) is 19.1 Å². The number of aryl methyl sites for hydroxylation is 2. The van der Waals surface area contributed by atoms with Gasteiger partial charge in [0.1, 0.15) is 5.82 Å². The number of nitrogens with two attached hydrogens (primary N) is 1. The van der Waals surface area contributed by atoms with Crippen LogP contribution in [-0.2, 0) is 6.42 Å². The van der Waals surface area contributed by atoms with Crippen LogP contribution >= 0.6 is 0 Å². The van der Waals surface area contributed by atoms with Gasteiger partial charge in [0.25, 0.3) is 0 Å². The Labute approximate surface area is 114 Å². The number of nitrogens with one attached hydrogen (secondary N) is 1.